The van der Waals surface area contributed by atoms with Crippen LogP contribution in [0, 0.1) is 5.82 Å². The van der Waals surface area contributed by atoms with Crippen LogP contribution in [0.3, 0.4) is 0 Å². The molecule has 3 N–H and O–H groups in total. The van der Waals surface area contributed by atoms with E-state index in [4.69, 9.17) is 5.73 Å². The Kier molecular flexibility index (Phi) is 4.24. The quantitative estimate of drug-likeness (QED) is 0.780. The van der Waals surface area contributed by atoms with Crippen molar-refractivity contribution in [1.29, 1.82) is 0 Å². The molecule has 0 amide bonds. The Morgan fingerprint density at radius 2 is 2.00 bits per heavy atom. The van der Waals surface area contributed by atoms with Crippen LogP contribution < -0.4 is 11.1 Å². The molecule has 0 spiro atoms. The molecule has 1 rings (SSSR count). The lowest BCUT2D eigenvalue weighted by atomic mass is 10.0. The Hall–Kier alpha value is -0.930. The summed E-state index contributed by atoms with van der Waals surface area (Å²) in [6.07, 6.45) is 0.876. The molecule has 2 nitrogen and oxygen atoms in total. The smallest absolute Gasteiger partial charge is 0.127 e. The van der Waals surface area contributed by atoms with E-state index >= 15 is 0 Å². The molecule has 0 heterocycles. The van der Waals surface area contributed by atoms with Crippen LogP contribution >= 0.6 is 0 Å². The highest BCUT2D eigenvalue weighted by Gasteiger charge is 2.15. The van der Waals surface area contributed by atoms with E-state index < -0.39 is 0 Å². The molecule has 0 unspecified atom stereocenters. The van der Waals surface area contributed by atoms with Crippen LogP contribution in [0.5, 0.6) is 0 Å². The van der Waals surface area contributed by atoms with Crippen LogP contribution in [-0.2, 0) is 6.54 Å². The van der Waals surface area contributed by atoms with Gasteiger partial charge in [-0.15, -0.1) is 0 Å². The minimum Gasteiger partial charge on any atom is -0.330 e. The normalized spacial score (nSPS) is 11.7. The third kappa shape index (κ3) is 3.98. The number of nitrogens with two attached hydrogens (primary N) is 1. The van der Waals surface area contributed by atoms with E-state index in [1.165, 1.54) is 6.07 Å². The SMILES string of the molecule is CC(C)(CCN)NCc1ccccc1F. The molecule has 0 aliphatic rings. The van der Waals surface area contributed by atoms with Crippen molar-refractivity contribution in [2.24, 2.45) is 5.73 Å². The van der Waals surface area contributed by atoms with Gasteiger partial charge in [-0.2, -0.15) is 0 Å². The third-order valence-corrected chi connectivity index (χ3v) is 2.48. The third-order valence-electron chi connectivity index (χ3n) is 2.48. The van der Waals surface area contributed by atoms with Gasteiger partial charge in [0.15, 0.2) is 0 Å². The van der Waals surface area contributed by atoms with Gasteiger partial charge in [0, 0.05) is 17.6 Å². The van der Waals surface area contributed by atoms with Crippen molar-refractivity contribution in [1.82, 2.24) is 5.32 Å². The second-order valence-corrected chi connectivity index (χ2v) is 4.37. The predicted octanol–water partition coefficient (Wildman–Crippen LogP) is 2.04. The van der Waals surface area contributed by atoms with Crippen LogP contribution in [0.4, 0.5) is 4.39 Å². The highest BCUT2D eigenvalue weighted by Crippen LogP contribution is 2.11. The first-order valence-electron chi connectivity index (χ1n) is 5.24. The second kappa shape index (κ2) is 5.24. The molecular formula is C12H19FN2. The molecule has 0 aliphatic heterocycles. The van der Waals surface area contributed by atoms with Crippen molar-refractivity contribution in [2.45, 2.75) is 32.4 Å². The van der Waals surface area contributed by atoms with Crippen molar-refractivity contribution >= 4 is 0 Å². The molecule has 0 saturated carbocycles. The van der Waals surface area contributed by atoms with Gasteiger partial charge in [-0.1, -0.05) is 18.2 Å². The molecule has 1 aromatic rings. The van der Waals surface area contributed by atoms with Gasteiger partial charge in [-0.05, 0) is 32.9 Å². The van der Waals surface area contributed by atoms with E-state index in [1.807, 2.05) is 6.07 Å². The average Bonchev–Trinajstić information content (AvgIpc) is 2.16. The summed E-state index contributed by atoms with van der Waals surface area (Å²) in [6, 6.07) is 6.81. The zero-order valence-electron chi connectivity index (χ0n) is 9.39. The number of hydrogen-bond donors (Lipinski definition) is 2. The van der Waals surface area contributed by atoms with E-state index in [9.17, 15) is 4.39 Å². The lowest BCUT2D eigenvalue weighted by molar-refractivity contribution is 0.362. The second-order valence-electron chi connectivity index (χ2n) is 4.37. The molecule has 0 aromatic heterocycles. The van der Waals surface area contributed by atoms with Crippen LogP contribution in [0.15, 0.2) is 24.3 Å². The summed E-state index contributed by atoms with van der Waals surface area (Å²) in [7, 11) is 0. The highest BCUT2D eigenvalue weighted by molar-refractivity contribution is 5.17. The zero-order chi connectivity index (χ0) is 11.3. The van der Waals surface area contributed by atoms with Gasteiger partial charge in [0.25, 0.3) is 0 Å². The Labute approximate surface area is 90.7 Å². The van der Waals surface area contributed by atoms with Crippen molar-refractivity contribution in [3.05, 3.63) is 35.6 Å². The molecule has 0 atom stereocenters. The first-order chi connectivity index (χ1) is 7.05. The van der Waals surface area contributed by atoms with Gasteiger partial charge < -0.3 is 11.1 Å². The first kappa shape index (κ1) is 12.1. The lowest BCUT2D eigenvalue weighted by Crippen LogP contribution is -2.40. The van der Waals surface area contributed by atoms with Crippen LogP contribution in [0.25, 0.3) is 0 Å². The summed E-state index contributed by atoms with van der Waals surface area (Å²) >= 11 is 0. The number of hydrogen-bond acceptors (Lipinski definition) is 2. The molecule has 15 heavy (non-hydrogen) atoms. The van der Waals surface area contributed by atoms with Crippen molar-refractivity contribution in [2.75, 3.05) is 6.54 Å². The Balaban J connectivity index is 2.53. The largest absolute Gasteiger partial charge is 0.330 e. The monoisotopic (exact) mass is 210 g/mol. The Morgan fingerprint density at radius 3 is 2.60 bits per heavy atom. The van der Waals surface area contributed by atoms with Crippen LogP contribution in [0.1, 0.15) is 25.8 Å². The molecule has 0 bridgehead atoms. The van der Waals surface area contributed by atoms with Gasteiger partial charge in [0.05, 0.1) is 0 Å². The molecule has 84 valence electrons. The molecule has 0 fully saturated rings. The minimum atomic E-state index is -0.159. The van der Waals surface area contributed by atoms with Gasteiger partial charge in [0.2, 0.25) is 0 Å². The summed E-state index contributed by atoms with van der Waals surface area (Å²) in [5, 5.41) is 3.30. The van der Waals surface area contributed by atoms with E-state index in [1.54, 1.807) is 12.1 Å². The van der Waals surface area contributed by atoms with Gasteiger partial charge in [0.1, 0.15) is 5.82 Å². The van der Waals surface area contributed by atoms with Crippen LogP contribution in [0.2, 0.25) is 0 Å². The average molecular weight is 210 g/mol. The number of benzene rings is 1. The summed E-state index contributed by atoms with van der Waals surface area (Å²) in [6.45, 7) is 5.32. The zero-order valence-corrected chi connectivity index (χ0v) is 9.39. The Morgan fingerprint density at radius 1 is 1.33 bits per heavy atom. The molecule has 0 radical (unpaired) electrons. The summed E-state index contributed by atoms with van der Waals surface area (Å²) in [5.41, 5.74) is 6.15. The summed E-state index contributed by atoms with van der Waals surface area (Å²) < 4.78 is 13.3. The van der Waals surface area contributed by atoms with E-state index in [2.05, 4.69) is 19.2 Å². The Bertz CT molecular complexity index is 310. The van der Waals surface area contributed by atoms with Gasteiger partial charge >= 0.3 is 0 Å². The topological polar surface area (TPSA) is 38.0 Å². The first-order valence-corrected chi connectivity index (χ1v) is 5.24. The van der Waals surface area contributed by atoms with Gasteiger partial charge in [-0.3, -0.25) is 0 Å². The van der Waals surface area contributed by atoms with Crippen molar-refractivity contribution in [3.8, 4) is 0 Å². The summed E-state index contributed by atoms with van der Waals surface area (Å²) in [5.74, 6) is -0.159. The standard InChI is InChI=1S/C12H19FN2/c1-12(2,7-8-14)15-9-10-5-3-4-6-11(10)13/h3-6,15H,7-9,14H2,1-2H3. The minimum absolute atomic E-state index is 0.0446. The number of nitrogens with one attached hydrogen (secondary N) is 1. The van der Waals surface area contributed by atoms with Crippen molar-refractivity contribution in [3.63, 3.8) is 0 Å². The van der Waals surface area contributed by atoms with Crippen molar-refractivity contribution < 1.29 is 4.39 Å². The molecule has 0 aliphatic carbocycles. The molecular weight excluding hydrogens is 191 g/mol. The summed E-state index contributed by atoms with van der Waals surface area (Å²) in [4.78, 5) is 0. The van der Waals surface area contributed by atoms with E-state index in [-0.39, 0.29) is 11.4 Å². The van der Waals surface area contributed by atoms with E-state index in [0.717, 1.165) is 6.42 Å². The maximum Gasteiger partial charge on any atom is 0.127 e. The fourth-order valence-corrected chi connectivity index (χ4v) is 1.43. The predicted molar refractivity (Wildman–Crippen MR) is 61.0 cm³/mol. The van der Waals surface area contributed by atoms with E-state index in [0.29, 0.717) is 18.7 Å². The molecule has 3 heteroatoms. The van der Waals surface area contributed by atoms with Gasteiger partial charge in [-0.25, -0.2) is 4.39 Å². The fourth-order valence-electron chi connectivity index (χ4n) is 1.43. The van der Waals surface area contributed by atoms with Crippen LogP contribution in [-0.4, -0.2) is 12.1 Å². The maximum atomic E-state index is 13.3. The number of halogens is 1. The number of rotatable bonds is 5. The molecule has 0 saturated heterocycles. The lowest BCUT2D eigenvalue weighted by Gasteiger charge is -2.25. The molecule has 1 aromatic carbocycles. The highest BCUT2D eigenvalue weighted by atomic mass is 19.1. The fraction of sp³-hybridized carbons (Fsp3) is 0.500. The maximum absolute atomic E-state index is 13.3.